The van der Waals surface area contributed by atoms with E-state index in [-0.39, 0.29) is 6.79 Å². The predicted octanol–water partition coefficient (Wildman–Crippen LogP) is 0.592. The van der Waals surface area contributed by atoms with Crippen LogP contribution in [0.4, 0.5) is 0 Å². The average molecular weight is 322 g/mol. The fraction of sp³-hybridized carbons (Fsp3) is 0.400. The van der Waals surface area contributed by atoms with E-state index >= 15 is 0 Å². The summed E-state index contributed by atoms with van der Waals surface area (Å²) in [6.45, 7) is 0.0917. The third kappa shape index (κ3) is 2.45. The van der Waals surface area contributed by atoms with Gasteiger partial charge in [0.25, 0.3) is 0 Å². The summed E-state index contributed by atoms with van der Waals surface area (Å²) in [7, 11) is 2.31. The molecule has 0 radical (unpaired) electrons. The van der Waals surface area contributed by atoms with Gasteiger partial charge in [-0.15, -0.1) is 0 Å². The zero-order valence-corrected chi connectivity index (χ0v) is 12.4. The molecule has 1 aromatic carbocycles. The lowest BCUT2D eigenvalue weighted by Gasteiger charge is -2.18. The second-order valence-electron chi connectivity index (χ2n) is 5.02. The van der Waals surface area contributed by atoms with E-state index in [0.29, 0.717) is 17.1 Å². The molecule has 8 heteroatoms. The van der Waals surface area contributed by atoms with Crippen LogP contribution in [0.1, 0.15) is 11.7 Å². The maximum atomic E-state index is 12.1. The molecule has 1 fully saturated rings. The van der Waals surface area contributed by atoms with Gasteiger partial charge in [-0.05, 0) is 17.7 Å². The Morgan fingerprint density at radius 2 is 1.78 bits per heavy atom. The molecule has 3 rings (SSSR count). The number of carbonyl (C=O) groups excluding carboxylic acids is 3. The number of hydrogen-bond donors (Lipinski definition) is 0. The van der Waals surface area contributed by atoms with Gasteiger partial charge in [-0.3, -0.25) is 14.4 Å². The zero-order valence-electron chi connectivity index (χ0n) is 12.4. The Kier molecular flexibility index (Phi) is 3.81. The maximum absolute atomic E-state index is 12.1. The lowest BCUT2D eigenvalue weighted by atomic mass is 9.87. The van der Waals surface area contributed by atoms with Crippen LogP contribution in [0.5, 0.6) is 11.5 Å². The molecule has 0 N–H and O–H groups in total. The molecular weight excluding hydrogens is 308 g/mol. The number of cyclic esters (lactones) is 1. The highest BCUT2D eigenvalue weighted by molar-refractivity contribution is 6.01. The van der Waals surface area contributed by atoms with Gasteiger partial charge < -0.3 is 23.7 Å². The third-order valence-electron chi connectivity index (χ3n) is 3.84. The molecule has 0 aromatic heterocycles. The van der Waals surface area contributed by atoms with Crippen molar-refractivity contribution in [2.24, 2.45) is 11.8 Å². The van der Waals surface area contributed by atoms with Crippen LogP contribution in [0.2, 0.25) is 0 Å². The second-order valence-corrected chi connectivity index (χ2v) is 5.02. The minimum Gasteiger partial charge on any atom is -0.469 e. The van der Waals surface area contributed by atoms with E-state index in [2.05, 4.69) is 4.74 Å². The first kappa shape index (κ1) is 15.1. The summed E-state index contributed by atoms with van der Waals surface area (Å²) < 4.78 is 25.0. The van der Waals surface area contributed by atoms with E-state index in [4.69, 9.17) is 18.9 Å². The van der Waals surface area contributed by atoms with Crippen molar-refractivity contribution < 1.29 is 38.1 Å². The number of carbonyl (C=O) groups is 3. The Bertz CT molecular complexity index is 667. The highest BCUT2D eigenvalue weighted by atomic mass is 16.7. The molecule has 122 valence electrons. The SMILES string of the molecule is COC(=O)[C@H]1C(=O)O[C@@H](c2ccc3c(c2)OCO3)[C@@H]1C(=O)OC. The molecule has 3 atom stereocenters. The minimum absolute atomic E-state index is 0.0917. The monoisotopic (exact) mass is 322 g/mol. The topological polar surface area (TPSA) is 97.4 Å². The van der Waals surface area contributed by atoms with Crippen LogP contribution in [0.15, 0.2) is 18.2 Å². The molecule has 0 unspecified atom stereocenters. The first-order valence-corrected chi connectivity index (χ1v) is 6.82. The van der Waals surface area contributed by atoms with Gasteiger partial charge >= 0.3 is 17.9 Å². The highest BCUT2D eigenvalue weighted by Crippen LogP contribution is 2.43. The van der Waals surface area contributed by atoms with Gasteiger partial charge in [-0.1, -0.05) is 6.07 Å². The van der Waals surface area contributed by atoms with E-state index in [1.54, 1.807) is 18.2 Å². The van der Waals surface area contributed by atoms with Crippen molar-refractivity contribution in [3.63, 3.8) is 0 Å². The molecule has 23 heavy (non-hydrogen) atoms. The maximum Gasteiger partial charge on any atom is 0.322 e. The molecule has 0 bridgehead atoms. The van der Waals surface area contributed by atoms with E-state index < -0.39 is 35.8 Å². The highest BCUT2D eigenvalue weighted by Gasteiger charge is 2.54. The molecule has 0 saturated carbocycles. The van der Waals surface area contributed by atoms with Crippen molar-refractivity contribution >= 4 is 17.9 Å². The van der Waals surface area contributed by atoms with Crippen molar-refractivity contribution in [2.75, 3.05) is 21.0 Å². The van der Waals surface area contributed by atoms with Crippen molar-refractivity contribution in [3.05, 3.63) is 23.8 Å². The van der Waals surface area contributed by atoms with Gasteiger partial charge in [0, 0.05) is 0 Å². The summed E-state index contributed by atoms with van der Waals surface area (Å²) in [4.78, 5) is 36.0. The van der Waals surface area contributed by atoms with Crippen LogP contribution in [-0.4, -0.2) is 38.9 Å². The quantitative estimate of drug-likeness (QED) is 0.453. The van der Waals surface area contributed by atoms with Crippen LogP contribution < -0.4 is 9.47 Å². The number of ether oxygens (including phenoxy) is 5. The van der Waals surface area contributed by atoms with Crippen molar-refractivity contribution in [3.8, 4) is 11.5 Å². The fourth-order valence-electron chi connectivity index (χ4n) is 2.72. The van der Waals surface area contributed by atoms with Crippen LogP contribution >= 0.6 is 0 Å². The smallest absolute Gasteiger partial charge is 0.322 e. The van der Waals surface area contributed by atoms with Crippen LogP contribution in [0.3, 0.4) is 0 Å². The average Bonchev–Trinajstić information content (AvgIpc) is 3.16. The molecule has 0 spiro atoms. The van der Waals surface area contributed by atoms with E-state index in [0.717, 1.165) is 7.11 Å². The Morgan fingerprint density at radius 1 is 1.09 bits per heavy atom. The second kappa shape index (κ2) is 5.79. The summed E-state index contributed by atoms with van der Waals surface area (Å²) in [6.07, 6.45) is -0.964. The predicted molar refractivity (Wildman–Crippen MR) is 72.4 cm³/mol. The van der Waals surface area contributed by atoms with Crippen molar-refractivity contribution in [1.29, 1.82) is 0 Å². The van der Waals surface area contributed by atoms with Gasteiger partial charge in [-0.25, -0.2) is 0 Å². The van der Waals surface area contributed by atoms with E-state index in [1.165, 1.54) is 7.11 Å². The molecule has 2 heterocycles. The zero-order chi connectivity index (χ0) is 16.6. The fourth-order valence-corrected chi connectivity index (χ4v) is 2.72. The summed E-state index contributed by atoms with van der Waals surface area (Å²) in [5.41, 5.74) is 0.504. The number of benzene rings is 1. The first-order chi connectivity index (χ1) is 11.1. The number of methoxy groups -OCH3 is 2. The molecule has 2 aliphatic rings. The summed E-state index contributed by atoms with van der Waals surface area (Å²) in [5, 5.41) is 0. The van der Waals surface area contributed by atoms with Gasteiger partial charge in [-0.2, -0.15) is 0 Å². The number of hydrogen-bond acceptors (Lipinski definition) is 8. The van der Waals surface area contributed by atoms with Crippen LogP contribution in [0.25, 0.3) is 0 Å². The van der Waals surface area contributed by atoms with Gasteiger partial charge in [0.05, 0.1) is 14.2 Å². The van der Waals surface area contributed by atoms with Gasteiger partial charge in [0.2, 0.25) is 6.79 Å². The molecule has 1 aromatic rings. The lowest BCUT2D eigenvalue weighted by Crippen LogP contribution is -2.33. The van der Waals surface area contributed by atoms with Crippen LogP contribution in [-0.2, 0) is 28.6 Å². The Balaban J connectivity index is 1.98. The van der Waals surface area contributed by atoms with Crippen molar-refractivity contribution in [1.82, 2.24) is 0 Å². The normalized spacial score (nSPS) is 25.0. The molecule has 0 amide bonds. The summed E-state index contributed by atoms with van der Waals surface area (Å²) in [5.74, 6) is -3.85. The van der Waals surface area contributed by atoms with E-state index in [9.17, 15) is 14.4 Å². The van der Waals surface area contributed by atoms with Crippen molar-refractivity contribution in [2.45, 2.75) is 6.10 Å². The molecule has 2 aliphatic heterocycles. The Labute approximate surface area is 131 Å². The number of rotatable bonds is 3. The summed E-state index contributed by atoms with van der Waals surface area (Å²) >= 11 is 0. The van der Waals surface area contributed by atoms with E-state index in [1.807, 2.05) is 0 Å². The lowest BCUT2D eigenvalue weighted by molar-refractivity contribution is -0.159. The van der Waals surface area contributed by atoms with Gasteiger partial charge in [0.1, 0.15) is 12.0 Å². The molecule has 0 aliphatic carbocycles. The number of esters is 3. The summed E-state index contributed by atoms with van der Waals surface area (Å²) in [6, 6.07) is 4.89. The molecular formula is C15H14O8. The van der Waals surface area contributed by atoms with Gasteiger partial charge in [0.15, 0.2) is 17.4 Å². The molecule has 8 nitrogen and oxygen atoms in total. The minimum atomic E-state index is -1.36. The standard InChI is InChI=1S/C15H14O8/c1-19-13(16)10-11(14(17)20-2)15(18)23-12(10)7-3-4-8-9(5-7)22-6-21-8/h3-5,10-12H,6H2,1-2H3/t10-,11+,12+/m1/s1. The molecule has 1 saturated heterocycles. The number of fused-ring (bicyclic) bond motifs is 1. The Hall–Kier alpha value is -2.77. The Morgan fingerprint density at radius 3 is 2.48 bits per heavy atom. The largest absolute Gasteiger partial charge is 0.469 e. The third-order valence-corrected chi connectivity index (χ3v) is 3.84. The van der Waals surface area contributed by atoms with Crippen LogP contribution in [0, 0.1) is 11.8 Å². The first-order valence-electron chi connectivity index (χ1n) is 6.82.